The number of aromatic nitrogens is 2. The number of fused-ring (bicyclic) bond motifs is 6. The summed E-state index contributed by atoms with van der Waals surface area (Å²) < 4.78 is 4.67. The zero-order chi connectivity index (χ0) is 28.9. The van der Waals surface area contributed by atoms with Crippen molar-refractivity contribution in [3.05, 3.63) is 158 Å². The third-order valence-electron chi connectivity index (χ3n) is 8.62. The number of rotatable bonds is 5. The molecule has 0 aliphatic rings. The lowest BCUT2D eigenvalue weighted by atomic mass is 9.97. The van der Waals surface area contributed by atoms with E-state index in [1.54, 1.807) is 0 Å². The predicted molar refractivity (Wildman–Crippen MR) is 185 cm³/mol. The van der Waals surface area contributed by atoms with Gasteiger partial charge in [0, 0.05) is 33.9 Å². The van der Waals surface area contributed by atoms with E-state index < -0.39 is 0 Å². The number of benzene rings is 6. The monoisotopic (exact) mass is 550 g/mol. The lowest BCUT2D eigenvalue weighted by Gasteiger charge is -2.13. The summed E-state index contributed by atoms with van der Waals surface area (Å²) in [5, 5.41) is 7.50. The summed E-state index contributed by atoms with van der Waals surface area (Å²) in [7, 11) is 0. The number of hydrogen-bond donors (Lipinski definition) is 0. The van der Waals surface area contributed by atoms with Gasteiger partial charge in [-0.1, -0.05) is 104 Å². The van der Waals surface area contributed by atoms with Crippen LogP contribution in [-0.2, 0) is 0 Å². The Labute approximate surface area is 251 Å². The van der Waals surface area contributed by atoms with Crippen molar-refractivity contribution in [2.75, 3.05) is 0 Å². The van der Waals surface area contributed by atoms with E-state index in [4.69, 9.17) is 0 Å². The van der Waals surface area contributed by atoms with Gasteiger partial charge in [-0.3, -0.25) is 0 Å². The summed E-state index contributed by atoms with van der Waals surface area (Å²) in [5.41, 5.74) is 9.32. The Morgan fingerprint density at radius 3 is 2.19 bits per heavy atom. The Morgan fingerprint density at radius 2 is 1.33 bits per heavy atom. The molecule has 6 aromatic carbocycles. The molecule has 0 fully saturated rings. The van der Waals surface area contributed by atoms with Crippen molar-refractivity contribution in [2.24, 2.45) is 0 Å². The highest BCUT2D eigenvalue weighted by Crippen LogP contribution is 2.38. The molecule has 0 saturated heterocycles. The molecule has 0 radical (unpaired) electrons. The summed E-state index contributed by atoms with van der Waals surface area (Å²) >= 11 is 0. The largest absolute Gasteiger partial charge is 0.316 e. The molecule has 0 bridgehead atoms. The van der Waals surface area contributed by atoms with Crippen molar-refractivity contribution >= 4 is 55.5 Å². The normalized spacial score (nSPS) is 11.8. The first-order valence-electron chi connectivity index (χ1n) is 14.8. The van der Waals surface area contributed by atoms with Gasteiger partial charge in [-0.15, -0.1) is 0 Å². The van der Waals surface area contributed by atoms with E-state index in [9.17, 15) is 0 Å². The summed E-state index contributed by atoms with van der Waals surface area (Å²) in [5.74, 6) is 0. The minimum Gasteiger partial charge on any atom is -0.316 e. The van der Waals surface area contributed by atoms with Gasteiger partial charge in [-0.25, -0.2) is 0 Å². The smallest absolute Gasteiger partial charge is 0.0635 e. The molecule has 0 amide bonds. The van der Waals surface area contributed by atoms with E-state index in [0.717, 1.165) is 22.6 Å². The standard InChI is InChI=1S/C41H30N2/c1-3-11-40-34(4-2)37-22-23-39-38(24-25-42(39)32-14-6-5-7-15-32)41(37)43(40)33-16-10-13-29(27-33)30-20-21-36-31(26-30)19-18-28-12-8-9-17-35(28)36/h3-27H,2H2,1H3/b11-3-. The van der Waals surface area contributed by atoms with Crippen LogP contribution in [0.25, 0.3) is 78.0 Å². The van der Waals surface area contributed by atoms with E-state index in [0.29, 0.717) is 0 Å². The quantitative estimate of drug-likeness (QED) is 0.189. The van der Waals surface area contributed by atoms with Crippen LogP contribution in [-0.4, -0.2) is 9.13 Å². The van der Waals surface area contributed by atoms with Crippen molar-refractivity contribution in [3.8, 4) is 22.5 Å². The SMILES string of the molecule is C=Cc1c(/C=C\C)n(-c2cccc(-c3ccc4c(ccc5ccccc54)c3)c2)c2c1ccc1c2ccn1-c1ccccc1. The predicted octanol–water partition coefficient (Wildman–Crippen LogP) is 11.2. The van der Waals surface area contributed by atoms with Crippen LogP contribution in [0.5, 0.6) is 0 Å². The number of hydrogen-bond acceptors (Lipinski definition) is 0. The highest BCUT2D eigenvalue weighted by Gasteiger charge is 2.19. The maximum Gasteiger partial charge on any atom is 0.0635 e. The molecule has 8 aromatic rings. The van der Waals surface area contributed by atoms with Crippen LogP contribution in [0.1, 0.15) is 18.2 Å². The van der Waals surface area contributed by atoms with E-state index in [1.165, 1.54) is 54.5 Å². The molecule has 0 saturated carbocycles. The Bertz CT molecular complexity index is 2360. The van der Waals surface area contributed by atoms with Crippen LogP contribution >= 0.6 is 0 Å². The Morgan fingerprint density at radius 1 is 0.581 bits per heavy atom. The first-order valence-corrected chi connectivity index (χ1v) is 14.8. The minimum atomic E-state index is 1.13. The fourth-order valence-corrected chi connectivity index (χ4v) is 6.67. The van der Waals surface area contributed by atoms with Gasteiger partial charge in [0.15, 0.2) is 0 Å². The lowest BCUT2D eigenvalue weighted by Crippen LogP contribution is -1.98. The van der Waals surface area contributed by atoms with Gasteiger partial charge in [-0.05, 0) is 88.1 Å². The summed E-state index contributed by atoms with van der Waals surface area (Å²) in [6.07, 6.45) is 8.48. The first-order chi connectivity index (χ1) is 21.2. The van der Waals surface area contributed by atoms with Crippen LogP contribution < -0.4 is 0 Å². The van der Waals surface area contributed by atoms with Gasteiger partial charge in [0.1, 0.15) is 0 Å². The van der Waals surface area contributed by atoms with E-state index in [1.807, 2.05) is 6.08 Å². The second-order valence-electron chi connectivity index (χ2n) is 11.0. The Hall–Kier alpha value is -5.60. The van der Waals surface area contributed by atoms with E-state index >= 15 is 0 Å². The molecule has 0 spiro atoms. The van der Waals surface area contributed by atoms with Crippen LogP contribution in [0.2, 0.25) is 0 Å². The fourth-order valence-electron chi connectivity index (χ4n) is 6.67. The molecule has 0 N–H and O–H groups in total. The van der Waals surface area contributed by atoms with Crippen molar-refractivity contribution in [2.45, 2.75) is 6.92 Å². The third kappa shape index (κ3) is 3.95. The van der Waals surface area contributed by atoms with Gasteiger partial charge < -0.3 is 9.13 Å². The third-order valence-corrected chi connectivity index (χ3v) is 8.62. The zero-order valence-electron chi connectivity index (χ0n) is 24.0. The molecule has 0 aliphatic carbocycles. The van der Waals surface area contributed by atoms with Crippen LogP contribution in [0, 0.1) is 0 Å². The lowest BCUT2D eigenvalue weighted by molar-refractivity contribution is 1.11. The molecule has 204 valence electrons. The van der Waals surface area contributed by atoms with Crippen LogP contribution in [0.15, 0.2) is 146 Å². The van der Waals surface area contributed by atoms with Crippen LogP contribution in [0.3, 0.4) is 0 Å². The summed E-state index contributed by atoms with van der Waals surface area (Å²) in [6, 6.07) is 46.1. The summed E-state index contributed by atoms with van der Waals surface area (Å²) in [4.78, 5) is 0. The molecule has 43 heavy (non-hydrogen) atoms. The molecule has 2 heterocycles. The van der Waals surface area contributed by atoms with Gasteiger partial charge in [-0.2, -0.15) is 0 Å². The molecule has 2 nitrogen and oxygen atoms in total. The molecular formula is C41H30N2. The fraction of sp³-hybridized carbons (Fsp3) is 0.0244. The second-order valence-corrected chi connectivity index (χ2v) is 11.0. The van der Waals surface area contributed by atoms with Gasteiger partial charge in [0.05, 0.1) is 16.7 Å². The highest BCUT2D eigenvalue weighted by atomic mass is 15.0. The molecule has 2 aromatic heterocycles. The maximum atomic E-state index is 4.23. The minimum absolute atomic E-state index is 1.13. The zero-order valence-corrected chi connectivity index (χ0v) is 24.0. The van der Waals surface area contributed by atoms with Crippen molar-refractivity contribution in [1.82, 2.24) is 9.13 Å². The molecule has 2 heteroatoms. The van der Waals surface area contributed by atoms with Gasteiger partial charge >= 0.3 is 0 Å². The second kappa shape index (κ2) is 10.0. The first kappa shape index (κ1) is 25.1. The Kier molecular flexibility index (Phi) is 5.87. The maximum absolute atomic E-state index is 4.23. The number of para-hydroxylation sites is 1. The molecule has 0 aliphatic heterocycles. The van der Waals surface area contributed by atoms with Crippen molar-refractivity contribution < 1.29 is 0 Å². The average Bonchev–Trinajstić information content (AvgIpc) is 3.64. The summed E-state index contributed by atoms with van der Waals surface area (Å²) in [6.45, 7) is 6.30. The average molecular weight is 551 g/mol. The highest BCUT2D eigenvalue weighted by molar-refractivity contribution is 6.11. The molecule has 8 rings (SSSR count). The molecule has 0 atom stereocenters. The van der Waals surface area contributed by atoms with Gasteiger partial charge in [0.25, 0.3) is 0 Å². The van der Waals surface area contributed by atoms with Crippen molar-refractivity contribution in [1.29, 1.82) is 0 Å². The number of nitrogens with zero attached hydrogens (tertiary/aromatic N) is 2. The molecule has 0 unspecified atom stereocenters. The van der Waals surface area contributed by atoms with Crippen LogP contribution in [0.4, 0.5) is 0 Å². The number of allylic oxidation sites excluding steroid dienone is 1. The topological polar surface area (TPSA) is 9.86 Å². The molecular weight excluding hydrogens is 520 g/mol. The van der Waals surface area contributed by atoms with E-state index in [2.05, 4.69) is 168 Å². The Balaban J connectivity index is 1.36. The van der Waals surface area contributed by atoms with E-state index in [-0.39, 0.29) is 0 Å². The van der Waals surface area contributed by atoms with Crippen molar-refractivity contribution in [3.63, 3.8) is 0 Å². The van der Waals surface area contributed by atoms with Gasteiger partial charge in [0.2, 0.25) is 0 Å².